The highest BCUT2D eigenvalue weighted by Gasteiger charge is 2.42. The lowest BCUT2D eigenvalue weighted by Gasteiger charge is -2.20. The first-order valence-electron chi connectivity index (χ1n) is 4.82. The Bertz CT molecular complexity index is 212. The van der Waals surface area contributed by atoms with Gasteiger partial charge < -0.3 is 15.4 Å². The average Bonchev–Trinajstić information content (AvgIpc) is 2.63. The maximum Gasteiger partial charge on any atom is 0.217 e. The zero-order valence-electron chi connectivity index (χ0n) is 7.93. The molecule has 74 valence electrons. The van der Waals surface area contributed by atoms with Crippen molar-refractivity contribution in [3.63, 3.8) is 0 Å². The van der Waals surface area contributed by atoms with Gasteiger partial charge in [-0.2, -0.15) is 0 Å². The van der Waals surface area contributed by atoms with Gasteiger partial charge in [-0.05, 0) is 13.0 Å². The number of carbonyl (C=O) groups excluding carboxylic acids is 1. The summed E-state index contributed by atoms with van der Waals surface area (Å²) < 4.78 is 5.74. The molecule has 2 fully saturated rings. The minimum absolute atomic E-state index is 0.0209. The normalized spacial score (nSPS) is 38.4. The molecule has 4 nitrogen and oxygen atoms in total. The zero-order chi connectivity index (χ0) is 9.31. The Hall–Kier alpha value is -0.610. The van der Waals surface area contributed by atoms with Crippen molar-refractivity contribution >= 4 is 5.91 Å². The summed E-state index contributed by atoms with van der Waals surface area (Å²) in [5.74, 6) is 0.0385. The largest absolute Gasteiger partial charge is 0.371 e. The molecule has 2 saturated heterocycles. The van der Waals surface area contributed by atoms with Crippen LogP contribution in [-0.2, 0) is 9.53 Å². The average molecular weight is 184 g/mol. The lowest BCUT2D eigenvalue weighted by Crippen LogP contribution is -2.36. The lowest BCUT2D eigenvalue weighted by atomic mass is 9.97. The summed E-state index contributed by atoms with van der Waals surface area (Å²) in [7, 11) is 0. The van der Waals surface area contributed by atoms with Gasteiger partial charge in [0, 0.05) is 19.9 Å². The van der Waals surface area contributed by atoms with E-state index in [4.69, 9.17) is 4.74 Å². The standard InChI is InChI=1S/C9H16N2O2/c1-7(12)11-8-4-9(13-5-8)2-3-10-6-9/h8,10H,2-6H2,1H3,(H,11,12)/t8-,9-/m0/s1. The first-order chi connectivity index (χ1) is 6.20. The summed E-state index contributed by atoms with van der Waals surface area (Å²) in [5, 5.41) is 6.19. The SMILES string of the molecule is CC(=O)N[C@@H]1CO[C@@]2(CCNC2)C1. The van der Waals surface area contributed by atoms with Crippen molar-refractivity contribution < 1.29 is 9.53 Å². The number of carbonyl (C=O) groups is 1. The van der Waals surface area contributed by atoms with Crippen LogP contribution >= 0.6 is 0 Å². The molecule has 2 N–H and O–H groups in total. The van der Waals surface area contributed by atoms with Gasteiger partial charge in [0.2, 0.25) is 5.91 Å². The van der Waals surface area contributed by atoms with Crippen LogP contribution in [0.15, 0.2) is 0 Å². The Kier molecular flexibility index (Phi) is 2.26. The van der Waals surface area contributed by atoms with E-state index >= 15 is 0 Å². The van der Waals surface area contributed by atoms with Crippen molar-refractivity contribution in [2.45, 2.75) is 31.4 Å². The molecule has 4 heteroatoms. The first-order valence-corrected chi connectivity index (χ1v) is 4.82. The number of rotatable bonds is 1. The summed E-state index contributed by atoms with van der Waals surface area (Å²) in [5.41, 5.74) is 0.0209. The molecule has 1 spiro atoms. The molecule has 2 atom stereocenters. The van der Waals surface area contributed by atoms with Crippen molar-refractivity contribution in [3.05, 3.63) is 0 Å². The molecular weight excluding hydrogens is 168 g/mol. The van der Waals surface area contributed by atoms with Crippen LogP contribution < -0.4 is 10.6 Å². The molecule has 2 aliphatic heterocycles. The molecule has 0 aromatic carbocycles. The first kappa shape index (κ1) is 8.97. The summed E-state index contributed by atoms with van der Waals surface area (Å²) in [6.07, 6.45) is 2.03. The molecule has 13 heavy (non-hydrogen) atoms. The van der Waals surface area contributed by atoms with Crippen LogP contribution in [0, 0.1) is 0 Å². The zero-order valence-corrected chi connectivity index (χ0v) is 7.93. The van der Waals surface area contributed by atoms with Crippen molar-refractivity contribution in [2.24, 2.45) is 0 Å². The van der Waals surface area contributed by atoms with Gasteiger partial charge in [0.1, 0.15) is 0 Å². The molecule has 2 aliphatic rings. The Morgan fingerprint density at radius 2 is 2.54 bits per heavy atom. The molecule has 0 aromatic rings. The second-order valence-corrected chi connectivity index (χ2v) is 4.02. The molecular formula is C9H16N2O2. The summed E-state index contributed by atoms with van der Waals surface area (Å²) in [6, 6.07) is 0.220. The maximum absolute atomic E-state index is 10.8. The van der Waals surface area contributed by atoms with Crippen LogP contribution in [0.25, 0.3) is 0 Å². The van der Waals surface area contributed by atoms with Gasteiger partial charge in [0.15, 0.2) is 0 Å². The molecule has 2 rings (SSSR count). The third kappa shape index (κ3) is 1.84. The number of ether oxygens (including phenoxy) is 1. The number of nitrogens with one attached hydrogen (secondary N) is 2. The predicted octanol–water partition coefficient (Wildman–Crippen LogP) is -0.357. The highest BCUT2D eigenvalue weighted by Crippen LogP contribution is 2.31. The molecule has 0 aromatic heterocycles. The Labute approximate surface area is 78.0 Å². The van der Waals surface area contributed by atoms with Crippen LogP contribution in [-0.4, -0.2) is 37.2 Å². The fourth-order valence-electron chi connectivity index (χ4n) is 2.24. The van der Waals surface area contributed by atoms with Gasteiger partial charge in [-0.15, -0.1) is 0 Å². The molecule has 0 aliphatic carbocycles. The van der Waals surface area contributed by atoms with Gasteiger partial charge in [0.05, 0.1) is 18.2 Å². The maximum atomic E-state index is 10.8. The smallest absolute Gasteiger partial charge is 0.217 e. The van der Waals surface area contributed by atoms with E-state index in [0.29, 0.717) is 6.61 Å². The molecule has 0 saturated carbocycles. The van der Waals surface area contributed by atoms with Crippen molar-refractivity contribution in [1.29, 1.82) is 0 Å². The fourth-order valence-corrected chi connectivity index (χ4v) is 2.24. The van der Waals surface area contributed by atoms with E-state index in [1.807, 2.05) is 0 Å². The Balaban J connectivity index is 1.89. The molecule has 1 amide bonds. The third-order valence-electron chi connectivity index (χ3n) is 2.82. The number of amides is 1. The Morgan fingerprint density at radius 3 is 3.15 bits per heavy atom. The lowest BCUT2D eigenvalue weighted by molar-refractivity contribution is -0.119. The fraction of sp³-hybridized carbons (Fsp3) is 0.889. The van der Waals surface area contributed by atoms with Gasteiger partial charge in [-0.3, -0.25) is 4.79 Å². The van der Waals surface area contributed by atoms with Crippen molar-refractivity contribution in [1.82, 2.24) is 10.6 Å². The highest BCUT2D eigenvalue weighted by molar-refractivity contribution is 5.73. The summed E-state index contributed by atoms with van der Waals surface area (Å²) in [6.45, 7) is 4.19. The van der Waals surface area contributed by atoms with Gasteiger partial charge in [0.25, 0.3) is 0 Å². The van der Waals surface area contributed by atoms with Crippen LogP contribution in [0.4, 0.5) is 0 Å². The van der Waals surface area contributed by atoms with E-state index in [0.717, 1.165) is 25.9 Å². The predicted molar refractivity (Wildman–Crippen MR) is 48.4 cm³/mol. The third-order valence-corrected chi connectivity index (χ3v) is 2.82. The molecule has 0 radical (unpaired) electrons. The van der Waals surface area contributed by atoms with Crippen LogP contribution in [0.3, 0.4) is 0 Å². The topological polar surface area (TPSA) is 50.4 Å². The quantitative estimate of drug-likeness (QED) is 0.585. The summed E-state index contributed by atoms with van der Waals surface area (Å²) in [4.78, 5) is 10.8. The van der Waals surface area contributed by atoms with Gasteiger partial charge >= 0.3 is 0 Å². The second-order valence-electron chi connectivity index (χ2n) is 4.02. The molecule has 0 unspecified atom stereocenters. The van der Waals surface area contributed by atoms with Crippen LogP contribution in [0.1, 0.15) is 19.8 Å². The van der Waals surface area contributed by atoms with E-state index in [9.17, 15) is 4.79 Å². The van der Waals surface area contributed by atoms with Gasteiger partial charge in [-0.1, -0.05) is 0 Å². The second kappa shape index (κ2) is 3.27. The minimum atomic E-state index is 0.0209. The van der Waals surface area contributed by atoms with Gasteiger partial charge in [-0.25, -0.2) is 0 Å². The number of hydrogen-bond donors (Lipinski definition) is 2. The monoisotopic (exact) mass is 184 g/mol. The minimum Gasteiger partial charge on any atom is -0.371 e. The highest BCUT2D eigenvalue weighted by atomic mass is 16.5. The van der Waals surface area contributed by atoms with Crippen molar-refractivity contribution in [3.8, 4) is 0 Å². The van der Waals surface area contributed by atoms with Crippen LogP contribution in [0.5, 0.6) is 0 Å². The van der Waals surface area contributed by atoms with E-state index in [-0.39, 0.29) is 17.6 Å². The van der Waals surface area contributed by atoms with Crippen LogP contribution in [0.2, 0.25) is 0 Å². The number of hydrogen-bond acceptors (Lipinski definition) is 3. The Morgan fingerprint density at radius 1 is 1.69 bits per heavy atom. The molecule has 0 bridgehead atoms. The van der Waals surface area contributed by atoms with E-state index in [1.54, 1.807) is 6.92 Å². The molecule has 2 heterocycles. The summed E-state index contributed by atoms with van der Waals surface area (Å²) >= 11 is 0. The van der Waals surface area contributed by atoms with E-state index in [1.165, 1.54) is 0 Å². The van der Waals surface area contributed by atoms with E-state index < -0.39 is 0 Å². The van der Waals surface area contributed by atoms with Crippen molar-refractivity contribution in [2.75, 3.05) is 19.7 Å². The van der Waals surface area contributed by atoms with E-state index in [2.05, 4.69) is 10.6 Å².